The van der Waals surface area contributed by atoms with Crippen molar-refractivity contribution < 1.29 is 9.90 Å². The molecule has 0 unspecified atom stereocenters. The van der Waals surface area contributed by atoms with Gasteiger partial charge in [-0.05, 0) is 12.5 Å². The molecule has 0 saturated carbocycles. The monoisotopic (exact) mass is 209 g/mol. The molecule has 1 aromatic carbocycles. The predicted octanol–water partition coefficient (Wildman–Crippen LogP) is 2.20. The molecular formula is C12H19NO2. The fourth-order valence-electron chi connectivity index (χ4n) is 1.02. The fraction of sp³-hybridized carbons (Fsp3) is 0.417. The minimum Gasteiger partial charge on any atom is -0.480 e. The zero-order valence-electron chi connectivity index (χ0n) is 9.58. The van der Waals surface area contributed by atoms with Crippen molar-refractivity contribution in [3.05, 3.63) is 35.4 Å². The number of carboxylic acid groups (broad SMARTS) is 1. The summed E-state index contributed by atoms with van der Waals surface area (Å²) in [5, 5.41) is 11.2. The number of nitrogens with one attached hydrogen (secondary N) is 1. The molecule has 84 valence electrons. The van der Waals surface area contributed by atoms with Crippen LogP contribution in [0.25, 0.3) is 0 Å². The molecular weight excluding hydrogens is 190 g/mol. The second kappa shape index (κ2) is 8.00. The molecule has 3 heteroatoms. The maximum absolute atomic E-state index is 10.2. The molecule has 0 radical (unpaired) electrons. The minimum atomic E-state index is -0.827. The van der Waals surface area contributed by atoms with Crippen molar-refractivity contribution in [3.8, 4) is 0 Å². The van der Waals surface area contributed by atoms with E-state index in [4.69, 9.17) is 5.11 Å². The van der Waals surface area contributed by atoms with E-state index < -0.39 is 5.97 Å². The van der Waals surface area contributed by atoms with Gasteiger partial charge in [-0.15, -0.1) is 0 Å². The van der Waals surface area contributed by atoms with Crippen LogP contribution in [0.4, 0.5) is 0 Å². The van der Waals surface area contributed by atoms with Crippen LogP contribution in [0, 0.1) is 6.92 Å². The molecule has 1 aromatic rings. The zero-order chi connectivity index (χ0) is 11.7. The summed E-state index contributed by atoms with van der Waals surface area (Å²) < 4.78 is 0. The maximum atomic E-state index is 10.2. The van der Waals surface area contributed by atoms with Crippen molar-refractivity contribution >= 4 is 5.97 Å². The number of aryl methyl sites for hydroxylation is 1. The van der Waals surface area contributed by atoms with Gasteiger partial charge in [-0.2, -0.15) is 0 Å². The molecule has 0 aliphatic rings. The fourth-order valence-corrected chi connectivity index (χ4v) is 1.02. The van der Waals surface area contributed by atoms with Gasteiger partial charge in [-0.3, -0.25) is 4.79 Å². The highest BCUT2D eigenvalue weighted by atomic mass is 16.4. The smallest absolute Gasteiger partial charge is 0.317 e. The Kier molecular flexibility index (Phi) is 7.28. The third kappa shape index (κ3) is 6.69. The number of aliphatic carboxylic acids is 1. The van der Waals surface area contributed by atoms with Gasteiger partial charge >= 0.3 is 5.97 Å². The highest BCUT2D eigenvalue weighted by Gasteiger charge is 1.95. The summed E-state index contributed by atoms with van der Waals surface area (Å²) >= 11 is 0. The van der Waals surface area contributed by atoms with Gasteiger partial charge < -0.3 is 10.4 Å². The van der Waals surface area contributed by atoms with Crippen LogP contribution in [0.3, 0.4) is 0 Å². The quantitative estimate of drug-likeness (QED) is 0.799. The van der Waals surface area contributed by atoms with E-state index in [1.807, 2.05) is 45.0 Å². The molecule has 0 amide bonds. The van der Waals surface area contributed by atoms with E-state index in [1.165, 1.54) is 5.56 Å². The van der Waals surface area contributed by atoms with Crippen LogP contribution in [0.2, 0.25) is 0 Å². The van der Waals surface area contributed by atoms with Gasteiger partial charge in [0.05, 0.1) is 6.54 Å². The maximum Gasteiger partial charge on any atom is 0.317 e. The summed E-state index contributed by atoms with van der Waals surface area (Å²) in [6.07, 6.45) is 0. The standard InChI is InChI=1S/C10H13NO2.C2H6/c1-8-2-4-9(5-3-8)6-11-7-10(12)13;1-2/h2-5,11H,6-7H2,1H3,(H,12,13);1-2H3. The Labute approximate surface area is 91.1 Å². The molecule has 0 aromatic heterocycles. The van der Waals surface area contributed by atoms with Crippen LogP contribution in [0.1, 0.15) is 25.0 Å². The Balaban J connectivity index is 0.000000921. The van der Waals surface area contributed by atoms with Crippen molar-refractivity contribution in [2.75, 3.05) is 6.54 Å². The van der Waals surface area contributed by atoms with E-state index in [0.29, 0.717) is 6.54 Å². The molecule has 0 aliphatic heterocycles. The molecule has 0 aliphatic carbocycles. The molecule has 0 spiro atoms. The van der Waals surface area contributed by atoms with E-state index in [0.717, 1.165) is 5.56 Å². The second-order valence-electron chi connectivity index (χ2n) is 2.98. The van der Waals surface area contributed by atoms with Gasteiger partial charge in [0.25, 0.3) is 0 Å². The molecule has 1 rings (SSSR count). The van der Waals surface area contributed by atoms with Gasteiger partial charge in [-0.1, -0.05) is 43.7 Å². The first-order chi connectivity index (χ1) is 7.18. The summed E-state index contributed by atoms with van der Waals surface area (Å²) in [5.41, 5.74) is 2.31. The van der Waals surface area contributed by atoms with Crippen molar-refractivity contribution in [3.63, 3.8) is 0 Å². The first kappa shape index (κ1) is 13.7. The average molecular weight is 209 g/mol. The van der Waals surface area contributed by atoms with Crippen LogP contribution >= 0.6 is 0 Å². The molecule has 0 bridgehead atoms. The number of benzene rings is 1. The molecule has 3 nitrogen and oxygen atoms in total. The second-order valence-corrected chi connectivity index (χ2v) is 2.98. The van der Waals surface area contributed by atoms with Gasteiger partial charge in [0.15, 0.2) is 0 Å². The first-order valence-electron chi connectivity index (χ1n) is 5.16. The molecule has 0 atom stereocenters. The van der Waals surface area contributed by atoms with E-state index >= 15 is 0 Å². The summed E-state index contributed by atoms with van der Waals surface area (Å²) in [7, 11) is 0. The van der Waals surface area contributed by atoms with Gasteiger partial charge in [-0.25, -0.2) is 0 Å². The minimum absolute atomic E-state index is 0.00781. The van der Waals surface area contributed by atoms with Crippen molar-refractivity contribution in [1.29, 1.82) is 0 Å². The van der Waals surface area contributed by atoms with Gasteiger partial charge in [0.1, 0.15) is 0 Å². The van der Waals surface area contributed by atoms with E-state index in [9.17, 15) is 4.79 Å². The third-order valence-corrected chi connectivity index (χ3v) is 1.73. The Bertz CT molecular complexity index is 280. The van der Waals surface area contributed by atoms with Crippen LogP contribution < -0.4 is 5.32 Å². The lowest BCUT2D eigenvalue weighted by atomic mass is 10.1. The Morgan fingerprint density at radius 2 is 1.80 bits per heavy atom. The van der Waals surface area contributed by atoms with Gasteiger partial charge in [0, 0.05) is 6.54 Å². The Morgan fingerprint density at radius 1 is 1.27 bits per heavy atom. The van der Waals surface area contributed by atoms with E-state index in [1.54, 1.807) is 0 Å². The molecule has 0 fully saturated rings. The average Bonchev–Trinajstić information content (AvgIpc) is 2.23. The zero-order valence-corrected chi connectivity index (χ0v) is 9.58. The number of hydrogen-bond donors (Lipinski definition) is 2. The Hall–Kier alpha value is -1.35. The number of rotatable bonds is 4. The van der Waals surface area contributed by atoms with Crippen molar-refractivity contribution in [2.45, 2.75) is 27.3 Å². The van der Waals surface area contributed by atoms with Crippen molar-refractivity contribution in [1.82, 2.24) is 5.32 Å². The topological polar surface area (TPSA) is 49.3 Å². The first-order valence-corrected chi connectivity index (χ1v) is 5.16. The number of hydrogen-bond acceptors (Lipinski definition) is 2. The van der Waals surface area contributed by atoms with E-state index in [2.05, 4.69) is 5.32 Å². The largest absolute Gasteiger partial charge is 0.480 e. The molecule has 0 heterocycles. The lowest BCUT2D eigenvalue weighted by Crippen LogP contribution is -2.21. The number of carbonyl (C=O) groups is 1. The summed E-state index contributed by atoms with van der Waals surface area (Å²) in [6, 6.07) is 8.00. The lowest BCUT2D eigenvalue weighted by Gasteiger charge is -2.01. The molecule has 2 N–H and O–H groups in total. The normalized spacial score (nSPS) is 9.00. The number of carboxylic acids is 1. The van der Waals surface area contributed by atoms with Crippen LogP contribution in [0.15, 0.2) is 24.3 Å². The summed E-state index contributed by atoms with van der Waals surface area (Å²) in [6.45, 7) is 6.63. The molecule has 0 saturated heterocycles. The predicted molar refractivity (Wildman–Crippen MR) is 61.9 cm³/mol. The lowest BCUT2D eigenvalue weighted by molar-refractivity contribution is -0.135. The van der Waals surface area contributed by atoms with Gasteiger partial charge in [0.2, 0.25) is 0 Å². The van der Waals surface area contributed by atoms with E-state index in [-0.39, 0.29) is 6.54 Å². The van der Waals surface area contributed by atoms with Crippen molar-refractivity contribution in [2.24, 2.45) is 0 Å². The summed E-state index contributed by atoms with van der Waals surface area (Å²) in [5.74, 6) is -0.827. The summed E-state index contributed by atoms with van der Waals surface area (Å²) in [4.78, 5) is 10.2. The molecule has 15 heavy (non-hydrogen) atoms. The third-order valence-electron chi connectivity index (χ3n) is 1.73. The highest BCUT2D eigenvalue weighted by Crippen LogP contribution is 2.01. The van der Waals surface area contributed by atoms with Crippen LogP contribution in [0.5, 0.6) is 0 Å². The SMILES string of the molecule is CC.Cc1ccc(CNCC(=O)O)cc1. The van der Waals surface area contributed by atoms with Crippen LogP contribution in [-0.4, -0.2) is 17.6 Å². The highest BCUT2D eigenvalue weighted by molar-refractivity contribution is 5.68. The Morgan fingerprint density at radius 3 is 2.27 bits per heavy atom. The van der Waals surface area contributed by atoms with Crippen LogP contribution in [-0.2, 0) is 11.3 Å².